The fourth-order valence-corrected chi connectivity index (χ4v) is 4.77. The largest absolute Gasteiger partial charge is 0.497 e. The first kappa shape index (κ1) is 19.3. The molecule has 29 heavy (non-hydrogen) atoms. The molecule has 0 saturated carbocycles. The van der Waals surface area contributed by atoms with Crippen LogP contribution in [-0.2, 0) is 17.6 Å². The van der Waals surface area contributed by atoms with Crippen molar-refractivity contribution in [2.75, 3.05) is 7.11 Å². The van der Waals surface area contributed by atoms with Crippen LogP contribution in [0.3, 0.4) is 0 Å². The second-order valence-corrected chi connectivity index (χ2v) is 8.12. The molecule has 1 aliphatic carbocycles. The van der Waals surface area contributed by atoms with Crippen molar-refractivity contribution in [3.63, 3.8) is 0 Å². The van der Waals surface area contributed by atoms with E-state index >= 15 is 0 Å². The van der Waals surface area contributed by atoms with Crippen LogP contribution in [0.5, 0.6) is 5.75 Å². The number of amides is 1. The number of aryl methyl sites for hydroxylation is 2. The molecule has 8 heteroatoms. The lowest BCUT2D eigenvalue weighted by Crippen LogP contribution is -2.34. The van der Waals surface area contributed by atoms with Gasteiger partial charge in [0.25, 0.3) is 11.5 Å². The Kier molecular flexibility index (Phi) is 5.44. The second-order valence-electron chi connectivity index (χ2n) is 7.03. The van der Waals surface area contributed by atoms with Crippen LogP contribution in [0.15, 0.2) is 40.5 Å². The van der Waals surface area contributed by atoms with Crippen LogP contribution in [0.1, 0.15) is 41.8 Å². The zero-order chi connectivity index (χ0) is 20.4. The highest BCUT2D eigenvalue weighted by atomic mass is 32.1. The predicted octanol–water partition coefficient (Wildman–Crippen LogP) is 3.06. The lowest BCUT2D eigenvalue weighted by atomic mass is 9.97. The molecule has 0 saturated heterocycles. The van der Waals surface area contributed by atoms with E-state index in [2.05, 4.69) is 15.5 Å². The summed E-state index contributed by atoms with van der Waals surface area (Å²) in [7, 11) is 1.59. The van der Waals surface area contributed by atoms with Gasteiger partial charge in [0.05, 0.1) is 25.0 Å². The number of aromatic nitrogens is 2. The van der Waals surface area contributed by atoms with E-state index in [1.54, 1.807) is 31.4 Å². The van der Waals surface area contributed by atoms with Crippen molar-refractivity contribution in [2.45, 2.75) is 38.6 Å². The molecule has 1 atom stereocenters. The predicted molar refractivity (Wildman–Crippen MR) is 114 cm³/mol. The van der Waals surface area contributed by atoms with Gasteiger partial charge in [-0.25, -0.2) is 10.4 Å². The highest BCUT2D eigenvalue weighted by molar-refractivity contribution is 7.18. The fourth-order valence-electron chi connectivity index (χ4n) is 3.55. The summed E-state index contributed by atoms with van der Waals surface area (Å²) < 4.78 is 6.56. The maximum atomic E-state index is 13.1. The number of ether oxygens (including phenoxy) is 1. The summed E-state index contributed by atoms with van der Waals surface area (Å²) >= 11 is 1.60. The molecular formula is C21H22N4O3S. The van der Waals surface area contributed by atoms with E-state index in [1.807, 2.05) is 18.2 Å². The second kappa shape index (κ2) is 8.16. The first-order valence-electron chi connectivity index (χ1n) is 9.57. The topological polar surface area (TPSA) is 85.6 Å². The van der Waals surface area contributed by atoms with E-state index in [1.165, 1.54) is 22.0 Å². The van der Waals surface area contributed by atoms with E-state index in [0.29, 0.717) is 11.1 Å². The molecule has 0 radical (unpaired) electrons. The van der Waals surface area contributed by atoms with E-state index in [0.717, 1.165) is 41.6 Å². The number of nitrogens with zero attached hydrogens (tertiary/aromatic N) is 3. The molecule has 150 valence electrons. The number of fused-ring (bicyclic) bond motifs is 3. The molecule has 0 bridgehead atoms. The van der Waals surface area contributed by atoms with Gasteiger partial charge in [0.15, 0.2) is 0 Å². The molecule has 0 aliphatic heterocycles. The average molecular weight is 410 g/mol. The Hall–Kier alpha value is -3.00. The van der Waals surface area contributed by atoms with Crippen molar-refractivity contribution in [3.05, 3.63) is 57.0 Å². The molecule has 1 aromatic carbocycles. The molecule has 1 N–H and O–H groups in total. The zero-order valence-electron chi connectivity index (χ0n) is 16.3. The molecule has 2 heterocycles. The summed E-state index contributed by atoms with van der Waals surface area (Å²) in [5, 5.41) is 4.67. The molecule has 3 aromatic rings. The Morgan fingerprint density at radius 1 is 1.38 bits per heavy atom. The highest BCUT2D eigenvalue weighted by Crippen LogP contribution is 2.33. The van der Waals surface area contributed by atoms with Crippen LogP contribution in [0.25, 0.3) is 10.2 Å². The fraction of sp³-hybridized carbons (Fsp3) is 0.333. The molecular weight excluding hydrogens is 388 g/mol. The Bertz CT molecular complexity index is 1150. The van der Waals surface area contributed by atoms with Crippen molar-refractivity contribution in [1.29, 1.82) is 0 Å². The molecule has 0 spiro atoms. The third-order valence-corrected chi connectivity index (χ3v) is 6.38. The normalized spacial score (nSPS) is 14.7. The van der Waals surface area contributed by atoms with Gasteiger partial charge in [0, 0.05) is 4.88 Å². The highest BCUT2D eigenvalue weighted by Gasteiger charge is 2.23. The number of rotatable bonds is 5. The first-order valence-corrected chi connectivity index (χ1v) is 10.4. The van der Waals surface area contributed by atoms with Crippen molar-refractivity contribution >= 4 is 33.7 Å². The molecule has 2 aromatic heterocycles. The van der Waals surface area contributed by atoms with Crippen LogP contribution < -0.4 is 15.7 Å². The summed E-state index contributed by atoms with van der Waals surface area (Å²) in [5.74, 6) is 0.329. The Balaban J connectivity index is 1.54. The lowest BCUT2D eigenvalue weighted by molar-refractivity contribution is -0.123. The minimum Gasteiger partial charge on any atom is -0.497 e. The number of hydrazone groups is 1. The van der Waals surface area contributed by atoms with Crippen molar-refractivity contribution in [2.24, 2.45) is 5.10 Å². The number of benzene rings is 1. The van der Waals surface area contributed by atoms with E-state index < -0.39 is 6.04 Å². The van der Waals surface area contributed by atoms with Crippen molar-refractivity contribution < 1.29 is 9.53 Å². The van der Waals surface area contributed by atoms with Crippen LogP contribution in [0, 0.1) is 0 Å². The van der Waals surface area contributed by atoms with Crippen LogP contribution in [0.2, 0.25) is 0 Å². The molecule has 1 amide bonds. The minimum absolute atomic E-state index is 0.158. The summed E-state index contributed by atoms with van der Waals surface area (Å²) in [6, 6.07) is 6.61. The number of nitrogens with one attached hydrogen (secondary N) is 1. The lowest BCUT2D eigenvalue weighted by Gasteiger charge is -2.14. The summed E-state index contributed by atoms with van der Waals surface area (Å²) in [6.07, 6.45) is 7.14. The van der Waals surface area contributed by atoms with Crippen molar-refractivity contribution in [1.82, 2.24) is 15.0 Å². The maximum Gasteiger partial charge on any atom is 0.263 e. The van der Waals surface area contributed by atoms with Crippen LogP contribution >= 0.6 is 11.3 Å². The molecule has 1 aliphatic rings. The van der Waals surface area contributed by atoms with Gasteiger partial charge in [0.2, 0.25) is 0 Å². The maximum absolute atomic E-state index is 13.1. The van der Waals surface area contributed by atoms with Gasteiger partial charge in [-0.3, -0.25) is 14.2 Å². The van der Waals surface area contributed by atoms with Gasteiger partial charge in [-0.1, -0.05) is 12.1 Å². The molecule has 0 fully saturated rings. The third kappa shape index (κ3) is 3.80. The summed E-state index contributed by atoms with van der Waals surface area (Å²) in [6.45, 7) is 1.67. The molecule has 0 unspecified atom stereocenters. The number of methoxy groups -OCH3 is 1. The number of carbonyl (C=O) groups is 1. The Morgan fingerprint density at radius 2 is 2.21 bits per heavy atom. The number of hydrogen-bond donors (Lipinski definition) is 1. The zero-order valence-corrected chi connectivity index (χ0v) is 17.2. The first-order chi connectivity index (χ1) is 14.1. The van der Waals surface area contributed by atoms with Crippen LogP contribution in [0.4, 0.5) is 0 Å². The molecule has 4 rings (SSSR count). The van der Waals surface area contributed by atoms with Gasteiger partial charge >= 0.3 is 0 Å². The number of hydrogen-bond acceptors (Lipinski definition) is 6. The summed E-state index contributed by atoms with van der Waals surface area (Å²) in [4.78, 5) is 32.1. The minimum atomic E-state index is -0.721. The van der Waals surface area contributed by atoms with E-state index in [-0.39, 0.29) is 11.5 Å². The number of thiophene rings is 1. The third-order valence-electron chi connectivity index (χ3n) is 5.18. The average Bonchev–Trinajstić information content (AvgIpc) is 3.13. The van der Waals surface area contributed by atoms with E-state index in [9.17, 15) is 9.59 Å². The smallest absolute Gasteiger partial charge is 0.263 e. The van der Waals surface area contributed by atoms with Gasteiger partial charge in [-0.15, -0.1) is 11.3 Å². The summed E-state index contributed by atoms with van der Waals surface area (Å²) in [5.41, 5.74) is 4.26. The Morgan fingerprint density at radius 3 is 3.03 bits per heavy atom. The van der Waals surface area contributed by atoms with Crippen molar-refractivity contribution in [3.8, 4) is 5.75 Å². The van der Waals surface area contributed by atoms with Crippen LogP contribution in [-0.4, -0.2) is 28.8 Å². The SMILES string of the molecule is COc1cccc(/C=N/NC(=O)[C@@H](C)n2cnc3sc4c(c3c2=O)CCCC4)c1. The Labute approximate surface area is 172 Å². The quantitative estimate of drug-likeness (QED) is 0.517. The monoisotopic (exact) mass is 410 g/mol. The van der Waals surface area contributed by atoms with Gasteiger partial charge in [-0.05, 0) is 55.9 Å². The van der Waals surface area contributed by atoms with Gasteiger partial charge < -0.3 is 4.74 Å². The van der Waals surface area contributed by atoms with Gasteiger partial charge in [0.1, 0.15) is 16.6 Å². The molecule has 7 nitrogen and oxygen atoms in total. The number of carbonyl (C=O) groups excluding carboxylic acids is 1. The standard InChI is InChI=1S/C21H22N4O3S/c1-13(19(26)24-23-11-14-6-5-7-15(10-14)28-2)25-12-22-20-18(21(25)27)16-8-3-4-9-17(16)29-20/h5-7,10-13H,3-4,8-9H2,1-2H3,(H,24,26)/b23-11+/t13-/m1/s1. The van der Waals surface area contributed by atoms with Gasteiger partial charge in [-0.2, -0.15) is 5.10 Å². The van der Waals surface area contributed by atoms with E-state index in [4.69, 9.17) is 4.74 Å².